The molecule has 2 aliphatic heterocycles. The summed E-state index contributed by atoms with van der Waals surface area (Å²) in [6.07, 6.45) is 5.36. The number of piperazine rings is 1. The molecule has 0 spiro atoms. The fourth-order valence-corrected chi connectivity index (χ4v) is 4.78. The van der Waals surface area contributed by atoms with E-state index in [1.54, 1.807) is 12.1 Å². The number of amides is 1. The number of halogens is 2. The Labute approximate surface area is 214 Å². The van der Waals surface area contributed by atoms with Crippen molar-refractivity contribution in [2.75, 3.05) is 64.3 Å². The van der Waals surface area contributed by atoms with Gasteiger partial charge in [0.1, 0.15) is 5.82 Å². The summed E-state index contributed by atoms with van der Waals surface area (Å²) >= 11 is 0. The lowest BCUT2D eigenvalue weighted by Gasteiger charge is -2.38. The summed E-state index contributed by atoms with van der Waals surface area (Å²) in [7, 11) is 1.81. The van der Waals surface area contributed by atoms with Gasteiger partial charge in [-0.3, -0.25) is 14.7 Å². The lowest BCUT2D eigenvalue weighted by molar-refractivity contribution is -0.139. The summed E-state index contributed by atoms with van der Waals surface area (Å²) in [4.78, 5) is 23.5. The van der Waals surface area contributed by atoms with Gasteiger partial charge < -0.3 is 20.4 Å². The van der Waals surface area contributed by atoms with E-state index in [0.717, 1.165) is 89.7 Å². The van der Waals surface area contributed by atoms with E-state index in [9.17, 15) is 9.18 Å². The van der Waals surface area contributed by atoms with Crippen molar-refractivity contribution < 1.29 is 9.18 Å². The highest BCUT2D eigenvalue weighted by Crippen LogP contribution is 2.28. The van der Waals surface area contributed by atoms with Crippen molar-refractivity contribution in [3.05, 3.63) is 30.1 Å². The van der Waals surface area contributed by atoms with Crippen LogP contribution >= 0.6 is 24.0 Å². The van der Waals surface area contributed by atoms with Crippen molar-refractivity contribution in [2.24, 2.45) is 10.9 Å². The van der Waals surface area contributed by atoms with Crippen molar-refractivity contribution in [1.29, 1.82) is 0 Å². The minimum absolute atomic E-state index is 0. The maximum atomic E-state index is 13.5. The third-order valence-corrected chi connectivity index (χ3v) is 7.09. The zero-order valence-electron chi connectivity index (χ0n) is 19.6. The molecule has 33 heavy (non-hydrogen) atoms. The minimum atomic E-state index is -0.182. The molecule has 1 aromatic carbocycles. The smallest absolute Gasteiger partial charge is 0.225 e. The van der Waals surface area contributed by atoms with Gasteiger partial charge in [-0.1, -0.05) is 12.5 Å². The quantitative estimate of drug-likeness (QED) is 0.312. The van der Waals surface area contributed by atoms with Crippen LogP contribution < -0.4 is 15.5 Å². The molecule has 184 valence electrons. The average molecular weight is 573 g/mol. The number of nitrogens with zero attached hydrogens (tertiary/aromatic N) is 4. The molecule has 1 aliphatic carbocycles. The number of piperidine rings is 1. The van der Waals surface area contributed by atoms with Crippen LogP contribution in [-0.4, -0.2) is 87.1 Å². The molecule has 1 aromatic rings. The summed E-state index contributed by atoms with van der Waals surface area (Å²) in [5.74, 6) is 1.34. The standard InChI is InChI=1S/C24H37FN6O.HI/c1-26-24(28-21-8-11-30(12-9-21)22-7-3-6-20(25)18-22)27-10-13-29-14-16-31(17-15-29)23(32)19-4-2-5-19;/h3,6-7,18-19,21H,2,4-5,8-17H2,1H3,(H2,26,27,28);1H. The van der Waals surface area contributed by atoms with Crippen molar-refractivity contribution in [2.45, 2.75) is 38.1 Å². The number of carbonyl (C=O) groups excluding carboxylic acids is 1. The molecule has 0 atom stereocenters. The second-order valence-corrected chi connectivity index (χ2v) is 9.18. The van der Waals surface area contributed by atoms with Crippen LogP contribution in [0.15, 0.2) is 29.3 Å². The van der Waals surface area contributed by atoms with Gasteiger partial charge in [0.15, 0.2) is 5.96 Å². The largest absolute Gasteiger partial charge is 0.371 e. The zero-order valence-corrected chi connectivity index (χ0v) is 22.0. The van der Waals surface area contributed by atoms with Gasteiger partial charge in [0, 0.05) is 77.1 Å². The molecule has 9 heteroatoms. The van der Waals surface area contributed by atoms with Crippen LogP contribution in [0.3, 0.4) is 0 Å². The van der Waals surface area contributed by atoms with Crippen LogP contribution in [0.4, 0.5) is 10.1 Å². The van der Waals surface area contributed by atoms with Crippen LogP contribution in [0.25, 0.3) is 0 Å². The lowest BCUT2D eigenvalue weighted by Crippen LogP contribution is -2.53. The van der Waals surface area contributed by atoms with E-state index in [1.165, 1.54) is 12.5 Å². The van der Waals surface area contributed by atoms with Crippen LogP contribution in [0.1, 0.15) is 32.1 Å². The first-order valence-corrected chi connectivity index (χ1v) is 12.1. The molecule has 2 heterocycles. The molecule has 0 unspecified atom stereocenters. The minimum Gasteiger partial charge on any atom is -0.371 e. The number of guanidine groups is 1. The normalized spacial score (nSPS) is 20.7. The highest BCUT2D eigenvalue weighted by molar-refractivity contribution is 14.0. The summed E-state index contributed by atoms with van der Waals surface area (Å²) < 4.78 is 13.5. The molecule has 2 N–H and O–H groups in total. The Morgan fingerprint density at radius 1 is 1.09 bits per heavy atom. The number of nitrogens with one attached hydrogen (secondary N) is 2. The third-order valence-electron chi connectivity index (χ3n) is 7.09. The SMILES string of the molecule is CN=C(NCCN1CCN(C(=O)C2CCC2)CC1)NC1CCN(c2cccc(F)c2)CC1.I. The van der Waals surface area contributed by atoms with Crippen LogP contribution in [0, 0.1) is 11.7 Å². The Morgan fingerprint density at radius 3 is 2.42 bits per heavy atom. The molecule has 3 fully saturated rings. The first-order chi connectivity index (χ1) is 15.6. The number of aliphatic imine (C=N–C) groups is 1. The molecular weight excluding hydrogens is 534 g/mol. The number of hydrogen-bond donors (Lipinski definition) is 2. The Kier molecular flexibility index (Phi) is 10.0. The summed E-state index contributed by atoms with van der Waals surface area (Å²) in [6.45, 7) is 7.19. The molecule has 7 nitrogen and oxygen atoms in total. The first-order valence-electron chi connectivity index (χ1n) is 12.1. The van der Waals surface area contributed by atoms with Gasteiger partial charge >= 0.3 is 0 Å². The van der Waals surface area contributed by atoms with E-state index in [-0.39, 0.29) is 29.8 Å². The molecular formula is C24H38FIN6O. The number of carbonyl (C=O) groups is 1. The average Bonchev–Trinajstić information content (AvgIpc) is 2.78. The first kappa shape index (κ1) is 26.0. The molecule has 0 radical (unpaired) electrons. The van der Waals surface area contributed by atoms with Crippen LogP contribution in [0.5, 0.6) is 0 Å². The maximum absolute atomic E-state index is 13.5. The molecule has 0 bridgehead atoms. The Bertz CT molecular complexity index is 789. The second kappa shape index (κ2) is 12.7. The molecule has 1 saturated carbocycles. The Balaban J connectivity index is 0.00000306. The summed E-state index contributed by atoms with van der Waals surface area (Å²) in [6, 6.07) is 7.21. The van der Waals surface area contributed by atoms with Crippen LogP contribution in [-0.2, 0) is 4.79 Å². The van der Waals surface area contributed by atoms with Gasteiger partial charge in [0.2, 0.25) is 5.91 Å². The van der Waals surface area contributed by atoms with E-state index in [0.29, 0.717) is 17.9 Å². The Morgan fingerprint density at radius 2 is 1.82 bits per heavy atom. The third kappa shape index (κ3) is 7.18. The fourth-order valence-electron chi connectivity index (χ4n) is 4.78. The van der Waals surface area contributed by atoms with Crippen molar-refractivity contribution in [1.82, 2.24) is 20.4 Å². The lowest BCUT2D eigenvalue weighted by atomic mass is 9.84. The van der Waals surface area contributed by atoms with Crippen LogP contribution in [0.2, 0.25) is 0 Å². The monoisotopic (exact) mass is 572 g/mol. The summed E-state index contributed by atoms with van der Waals surface area (Å²) in [5.41, 5.74) is 0.959. The van der Waals surface area contributed by atoms with Crippen molar-refractivity contribution >= 4 is 41.5 Å². The molecule has 0 aromatic heterocycles. The molecule has 2 saturated heterocycles. The number of anilines is 1. The van der Waals surface area contributed by atoms with Gasteiger partial charge in [-0.25, -0.2) is 4.39 Å². The predicted molar refractivity (Wildman–Crippen MR) is 142 cm³/mol. The second-order valence-electron chi connectivity index (χ2n) is 9.18. The van der Waals surface area contributed by atoms with E-state index in [2.05, 4.69) is 30.3 Å². The van der Waals surface area contributed by atoms with Gasteiger partial charge in [-0.2, -0.15) is 0 Å². The van der Waals surface area contributed by atoms with Crippen molar-refractivity contribution in [3.8, 4) is 0 Å². The fraction of sp³-hybridized carbons (Fsp3) is 0.667. The Hall–Kier alpha value is -1.62. The van der Waals surface area contributed by atoms with E-state index >= 15 is 0 Å². The number of benzene rings is 1. The van der Waals surface area contributed by atoms with Gasteiger partial charge in [0.25, 0.3) is 0 Å². The van der Waals surface area contributed by atoms with Gasteiger partial charge in [-0.15, -0.1) is 24.0 Å². The molecule has 3 aliphatic rings. The number of rotatable bonds is 6. The zero-order chi connectivity index (χ0) is 22.3. The summed E-state index contributed by atoms with van der Waals surface area (Å²) in [5, 5.41) is 6.98. The highest BCUT2D eigenvalue weighted by Gasteiger charge is 2.31. The van der Waals surface area contributed by atoms with E-state index < -0.39 is 0 Å². The van der Waals surface area contributed by atoms with Crippen molar-refractivity contribution in [3.63, 3.8) is 0 Å². The molecule has 4 rings (SSSR count). The van der Waals surface area contributed by atoms with Gasteiger partial charge in [0.05, 0.1) is 0 Å². The number of hydrogen-bond acceptors (Lipinski definition) is 4. The van der Waals surface area contributed by atoms with Gasteiger partial charge in [-0.05, 0) is 43.9 Å². The van der Waals surface area contributed by atoms with E-state index in [1.807, 2.05) is 13.1 Å². The predicted octanol–water partition coefficient (Wildman–Crippen LogP) is 2.52. The van der Waals surface area contributed by atoms with E-state index in [4.69, 9.17) is 0 Å². The maximum Gasteiger partial charge on any atom is 0.225 e. The highest BCUT2D eigenvalue weighted by atomic mass is 127. The topological polar surface area (TPSA) is 63.2 Å². The molecule has 1 amide bonds.